The van der Waals surface area contributed by atoms with Gasteiger partial charge in [0.25, 0.3) is 0 Å². The first-order valence-corrected chi connectivity index (χ1v) is 8.61. The second kappa shape index (κ2) is 7.24. The summed E-state index contributed by atoms with van der Waals surface area (Å²) in [4.78, 5) is 5.07. The van der Waals surface area contributed by atoms with Crippen LogP contribution in [0.5, 0.6) is 5.75 Å². The summed E-state index contributed by atoms with van der Waals surface area (Å²) in [7, 11) is 1.69. The third kappa shape index (κ3) is 3.22. The molecule has 2 nitrogen and oxygen atoms in total. The van der Waals surface area contributed by atoms with Crippen molar-refractivity contribution in [3.8, 4) is 5.75 Å². The summed E-state index contributed by atoms with van der Waals surface area (Å²) in [5, 5.41) is 2.23. The van der Waals surface area contributed by atoms with Crippen molar-refractivity contribution < 1.29 is 4.74 Å². The fourth-order valence-electron chi connectivity index (χ4n) is 3.08. The van der Waals surface area contributed by atoms with Gasteiger partial charge in [-0.2, -0.15) is 0 Å². The van der Waals surface area contributed by atoms with E-state index in [1.165, 1.54) is 0 Å². The van der Waals surface area contributed by atoms with E-state index in [9.17, 15) is 0 Å². The Labute approximate surface area is 153 Å². The molecule has 0 aromatic heterocycles. The number of hydrogen-bond acceptors (Lipinski definition) is 2. The molecule has 0 N–H and O–H groups in total. The first-order chi connectivity index (χ1) is 12.8. The molecule has 4 aromatic rings. The molecular weight excluding hydrogens is 318 g/mol. The Morgan fingerprint density at radius 1 is 0.692 bits per heavy atom. The van der Waals surface area contributed by atoms with Crippen LogP contribution in [0.1, 0.15) is 11.1 Å². The lowest BCUT2D eigenvalue weighted by Crippen LogP contribution is -2.02. The molecule has 0 aliphatic rings. The van der Waals surface area contributed by atoms with E-state index in [-0.39, 0.29) is 0 Å². The normalized spacial score (nSPS) is 10.5. The Bertz CT molecular complexity index is 1010. The van der Waals surface area contributed by atoms with Gasteiger partial charge >= 0.3 is 0 Å². The molecule has 0 fully saturated rings. The molecule has 0 saturated carbocycles. The third-order valence-corrected chi connectivity index (χ3v) is 4.38. The summed E-state index contributed by atoms with van der Waals surface area (Å²) in [6.45, 7) is 0. The molecule has 0 atom stereocenters. The van der Waals surface area contributed by atoms with Crippen LogP contribution in [0.4, 0.5) is 5.69 Å². The number of aliphatic imine (C=N–C) groups is 1. The van der Waals surface area contributed by atoms with Crippen molar-refractivity contribution in [3.05, 3.63) is 108 Å². The number of nitrogens with zero attached hydrogens (tertiary/aromatic N) is 1. The molecule has 0 saturated heterocycles. The van der Waals surface area contributed by atoms with Crippen LogP contribution >= 0.6 is 0 Å². The summed E-state index contributed by atoms with van der Waals surface area (Å²) in [6, 6.07) is 32.9. The Balaban J connectivity index is 1.97. The maximum absolute atomic E-state index is 5.49. The lowest BCUT2D eigenvalue weighted by atomic mass is 10.0. The monoisotopic (exact) mass is 337 g/mol. The highest BCUT2D eigenvalue weighted by atomic mass is 16.5. The zero-order chi connectivity index (χ0) is 17.8. The highest BCUT2D eigenvalue weighted by molar-refractivity contribution is 6.15. The summed E-state index contributed by atoms with van der Waals surface area (Å²) >= 11 is 0. The van der Waals surface area contributed by atoms with Crippen LogP contribution in [-0.2, 0) is 0 Å². The zero-order valence-electron chi connectivity index (χ0n) is 14.6. The fraction of sp³-hybridized carbons (Fsp3) is 0.0417. The van der Waals surface area contributed by atoms with Gasteiger partial charge in [-0.25, -0.2) is 4.99 Å². The van der Waals surface area contributed by atoms with Crippen molar-refractivity contribution in [1.82, 2.24) is 0 Å². The number of benzene rings is 4. The van der Waals surface area contributed by atoms with Crippen molar-refractivity contribution in [2.24, 2.45) is 4.99 Å². The summed E-state index contributed by atoms with van der Waals surface area (Å²) < 4.78 is 5.49. The van der Waals surface area contributed by atoms with Gasteiger partial charge in [0.1, 0.15) is 5.75 Å². The van der Waals surface area contributed by atoms with E-state index < -0.39 is 0 Å². The molecule has 4 aromatic carbocycles. The van der Waals surface area contributed by atoms with E-state index in [1.54, 1.807) is 7.11 Å². The van der Waals surface area contributed by atoms with E-state index in [0.717, 1.165) is 39.0 Å². The smallest absolute Gasteiger partial charge is 0.121 e. The molecule has 0 spiro atoms. The number of rotatable bonds is 4. The van der Waals surface area contributed by atoms with Crippen LogP contribution in [-0.4, -0.2) is 12.8 Å². The van der Waals surface area contributed by atoms with Crippen molar-refractivity contribution in [1.29, 1.82) is 0 Å². The second-order valence-electron chi connectivity index (χ2n) is 6.06. The average Bonchev–Trinajstić information content (AvgIpc) is 2.73. The molecule has 0 aliphatic heterocycles. The molecule has 0 radical (unpaired) electrons. The number of methoxy groups -OCH3 is 1. The Kier molecular flexibility index (Phi) is 4.48. The minimum Gasteiger partial charge on any atom is -0.497 e. The summed E-state index contributed by atoms with van der Waals surface area (Å²) in [5.41, 5.74) is 4.03. The van der Waals surface area contributed by atoms with E-state index in [1.807, 2.05) is 60.7 Å². The first kappa shape index (κ1) is 16.1. The highest BCUT2D eigenvalue weighted by Crippen LogP contribution is 2.32. The van der Waals surface area contributed by atoms with Gasteiger partial charge in [-0.3, -0.25) is 0 Å². The van der Waals surface area contributed by atoms with Crippen LogP contribution < -0.4 is 4.74 Å². The Morgan fingerprint density at radius 3 is 1.88 bits per heavy atom. The molecule has 26 heavy (non-hydrogen) atoms. The lowest BCUT2D eigenvalue weighted by molar-refractivity contribution is 0.415. The summed E-state index contributed by atoms with van der Waals surface area (Å²) in [5.74, 6) is 0.808. The maximum atomic E-state index is 5.49. The van der Waals surface area contributed by atoms with Gasteiger partial charge in [0.15, 0.2) is 0 Å². The molecule has 4 rings (SSSR count). The van der Waals surface area contributed by atoms with Gasteiger partial charge in [-0.15, -0.1) is 0 Å². The van der Waals surface area contributed by atoms with Crippen LogP contribution in [0.3, 0.4) is 0 Å². The Morgan fingerprint density at radius 2 is 1.27 bits per heavy atom. The van der Waals surface area contributed by atoms with Gasteiger partial charge in [-0.05, 0) is 11.5 Å². The van der Waals surface area contributed by atoms with E-state index in [4.69, 9.17) is 9.73 Å². The predicted molar refractivity (Wildman–Crippen MR) is 109 cm³/mol. The molecule has 126 valence electrons. The average molecular weight is 337 g/mol. The van der Waals surface area contributed by atoms with E-state index >= 15 is 0 Å². The lowest BCUT2D eigenvalue weighted by Gasteiger charge is -2.11. The van der Waals surface area contributed by atoms with Crippen molar-refractivity contribution in [3.63, 3.8) is 0 Å². The van der Waals surface area contributed by atoms with Crippen molar-refractivity contribution in [2.45, 2.75) is 0 Å². The largest absolute Gasteiger partial charge is 0.497 e. The topological polar surface area (TPSA) is 21.6 Å². The van der Waals surface area contributed by atoms with Gasteiger partial charge in [0, 0.05) is 22.6 Å². The first-order valence-electron chi connectivity index (χ1n) is 8.61. The van der Waals surface area contributed by atoms with Crippen LogP contribution in [0, 0.1) is 0 Å². The van der Waals surface area contributed by atoms with Crippen molar-refractivity contribution in [2.75, 3.05) is 7.11 Å². The van der Waals surface area contributed by atoms with Gasteiger partial charge in [-0.1, -0.05) is 84.9 Å². The van der Waals surface area contributed by atoms with E-state index in [2.05, 4.69) is 36.4 Å². The number of hydrogen-bond donors (Lipinski definition) is 0. The number of fused-ring (bicyclic) bond motifs is 1. The molecular formula is C24H19NO. The molecule has 0 amide bonds. The minimum atomic E-state index is 0.808. The standard InChI is InChI=1S/C24H19NO/c1-26-21-16-20-14-8-9-15-22(20)23(17-21)25-24(18-10-4-2-5-11-18)19-12-6-3-7-13-19/h2-17H,1H3. The molecule has 0 unspecified atom stereocenters. The van der Waals surface area contributed by atoms with Crippen LogP contribution in [0.15, 0.2) is 102 Å². The molecule has 2 heteroatoms. The quantitative estimate of drug-likeness (QED) is 0.417. The fourth-order valence-corrected chi connectivity index (χ4v) is 3.08. The zero-order valence-corrected chi connectivity index (χ0v) is 14.6. The Hall–Kier alpha value is -3.39. The minimum absolute atomic E-state index is 0.808. The summed E-state index contributed by atoms with van der Waals surface area (Å²) in [6.07, 6.45) is 0. The predicted octanol–water partition coefficient (Wildman–Crippen LogP) is 6.02. The van der Waals surface area contributed by atoms with E-state index in [0.29, 0.717) is 0 Å². The SMILES string of the molecule is COc1cc(N=C(c2ccccc2)c2ccccc2)c2ccccc2c1. The van der Waals surface area contributed by atoms with Crippen LogP contribution in [0.2, 0.25) is 0 Å². The molecule has 0 aliphatic carbocycles. The molecule has 0 bridgehead atoms. The second-order valence-corrected chi connectivity index (χ2v) is 6.06. The van der Waals surface area contributed by atoms with Gasteiger partial charge < -0.3 is 4.74 Å². The molecule has 0 heterocycles. The number of ether oxygens (including phenoxy) is 1. The van der Waals surface area contributed by atoms with Crippen molar-refractivity contribution >= 4 is 22.2 Å². The maximum Gasteiger partial charge on any atom is 0.121 e. The van der Waals surface area contributed by atoms with Crippen LogP contribution in [0.25, 0.3) is 10.8 Å². The third-order valence-electron chi connectivity index (χ3n) is 4.38. The highest BCUT2D eigenvalue weighted by Gasteiger charge is 2.09. The van der Waals surface area contributed by atoms with Gasteiger partial charge in [0.05, 0.1) is 18.5 Å². The van der Waals surface area contributed by atoms with Gasteiger partial charge in [0.2, 0.25) is 0 Å².